The molecular formula is C19H23ClF2N4O4S. The average molecular weight is 477 g/mol. The minimum Gasteiger partial charge on any atom is -0.382 e. The normalized spacial score (nSPS) is 21.6. The fourth-order valence-electron chi connectivity index (χ4n) is 4.33. The van der Waals surface area contributed by atoms with Gasteiger partial charge < -0.3 is 10.0 Å². The van der Waals surface area contributed by atoms with Crippen LogP contribution in [0.1, 0.15) is 30.9 Å². The summed E-state index contributed by atoms with van der Waals surface area (Å²) in [5.41, 5.74) is 0.277. The SMILES string of the molecule is O=C(CN1CCCS1(=O)=O)N1CCC(C(F)(F)C(O)c2cc(Cl)cc3cn[nH]c23)CC1. The lowest BCUT2D eigenvalue weighted by Gasteiger charge is -2.38. The zero-order valence-corrected chi connectivity index (χ0v) is 18.2. The van der Waals surface area contributed by atoms with Crippen molar-refractivity contribution in [2.45, 2.75) is 31.3 Å². The molecule has 31 heavy (non-hydrogen) atoms. The summed E-state index contributed by atoms with van der Waals surface area (Å²) in [5, 5.41) is 17.8. The first-order valence-corrected chi connectivity index (χ1v) is 12.0. The van der Waals surface area contributed by atoms with E-state index in [1.165, 1.54) is 17.2 Å². The molecule has 2 fully saturated rings. The number of nitrogens with zero attached hydrogens (tertiary/aromatic N) is 3. The third-order valence-electron chi connectivity index (χ3n) is 6.11. The highest BCUT2D eigenvalue weighted by Crippen LogP contribution is 2.44. The van der Waals surface area contributed by atoms with Crippen LogP contribution in [-0.4, -0.2) is 76.7 Å². The minimum absolute atomic E-state index is 0.00473. The number of fused-ring (bicyclic) bond motifs is 1. The quantitative estimate of drug-likeness (QED) is 0.687. The molecule has 3 heterocycles. The maximum atomic E-state index is 15.2. The van der Waals surface area contributed by atoms with Gasteiger partial charge in [-0.05, 0) is 31.4 Å². The standard InChI is InChI=1S/C19H23ClF2N4O4S/c20-14-8-12-10-23-24-17(12)15(9-14)18(28)19(21,22)13-2-5-25(6-3-13)16(27)11-26-4-1-7-31(26,29)30/h8-10,13,18,28H,1-7,11H2,(H,23,24). The third-order valence-corrected chi connectivity index (χ3v) is 8.23. The molecule has 0 spiro atoms. The second-order valence-corrected chi connectivity index (χ2v) is 10.6. The largest absolute Gasteiger partial charge is 0.382 e. The number of likely N-dealkylation sites (tertiary alicyclic amines) is 1. The summed E-state index contributed by atoms with van der Waals surface area (Å²) >= 11 is 6.02. The minimum atomic E-state index is -3.45. The number of carbonyl (C=O) groups is 1. The molecule has 0 bridgehead atoms. The Balaban J connectivity index is 1.42. The van der Waals surface area contributed by atoms with E-state index >= 15 is 8.78 Å². The van der Waals surface area contributed by atoms with Crippen LogP contribution < -0.4 is 0 Å². The number of rotatable bonds is 5. The summed E-state index contributed by atoms with van der Waals surface area (Å²) in [6.45, 7) is 0.201. The van der Waals surface area contributed by atoms with E-state index in [9.17, 15) is 18.3 Å². The first-order valence-electron chi connectivity index (χ1n) is 10.0. The van der Waals surface area contributed by atoms with Crippen molar-refractivity contribution in [3.8, 4) is 0 Å². The van der Waals surface area contributed by atoms with Gasteiger partial charge in [-0.1, -0.05) is 11.6 Å². The number of halogens is 3. The number of aliphatic hydroxyl groups excluding tert-OH is 1. The van der Waals surface area contributed by atoms with Gasteiger partial charge in [0.15, 0.2) is 0 Å². The Morgan fingerprint density at radius 3 is 2.68 bits per heavy atom. The number of benzene rings is 1. The van der Waals surface area contributed by atoms with E-state index in [-0.39, 0.29) is 54.7 Å². The van der Waals surface area contributed by atoms with E-state index < -0.39 is 28.0 Å². The Kier molecular flexibility index (Phi) is 5.97. The van der Waals surface area contributed by atoms with Crippen molar-refractivity contribution < 1.29 is 27.1 Å². The zero-order valence-electron chi connectivity index (χ0n) is 16.6. The molecule has 8 nitrogen and oxygen atoms in total. The van der Waals surface area contributed by atoms with Crippen molar-refractivity contribution in [2.24, 2.45) is 5.92 Å². The molecule has 1 aromatic carbocycles. The molecule has 2 aliphatic heterocycles. The van der Waals surface area contributed by atoms with E-state index in [0.717, 1.165) is 4.31 Å². The summed E-state index contributed by atoms with van der Waals surface area (Å²) in [6, 6.07) is 2.87. The maximum absolute atomic E-state index is 15.2. The van der Waals surface area contributed by atoms with E-state index in [1.807, 2.05) is 0 Å². The molecule has 0 saturated carbocycles. The van der Waals surface area contributed by atoms with Crippen LogP contribution in [-0.2, 0) is 14.8 Å². The van der Waals surface area contributed by atoms with E-state index in [1.54, 1.807) is 6.07 Å². The lowest BCUT2D eigenvalue weighted by atomic mass is 9.85. The molecule has 1 unspecified atom stereocenters. The highest BCUT2D eigenvalue weighted by Gasteiger charge is 2.49. The summed E-state index contributed by atoms with van der Waals surface area (Å²) in [5.74, 6) is -4.95. The van der Waals surface area contributed by atoms with Crippen LogP contribution in [0.3, 0.4) is 0 Å². The molecule has 2 aromatic rings. The Morgan fingerprint density at radius 1 is 1.32 bits per heavy atom. The second kappa shape index (κ2) is 8.27. The molecule has 1 aromatic heterocycles. The number of aromatic amines is 1. The number of aromatic nitrogens is 2. The van der Waals surface area contributed by atoms with E-state index in [4.69, 9.17) is 11.6 Å². The predicted octanol–water partition coefficient (Wildman–Crippen LogP) is 2.16. The highest BCUT2D eigenvalue weighted by atomic mass is 35.5. The van der Waals surface area contributed by atoms with Gasteiger partial charge in [-0.2, -0.15) is 9.40 Å². The number of hydrogen-bond acceptors (Lipinski definition) is 5. The van der Waals surface area contributed by atoms with Gasteiger partial charge in [0.05, 0.1) is 24.0 Å². The number of carbonyl (C=O) groups excluding carboxylic acids is 1. The summed E-state index contributed by atoms with van der Waals surface area (Å²) in [6.07, 6.45) is -0.171. The van der Waals surface area contributed by atoms with Crippen molar-refractivity contribution in [3.05, 3.63) is 28.9 Å². The highest BCUT2D eigenvalue weighted by molar-refractivity contribution is 7.89. The molecule has 2 aliphatic rings. The predicted molar refractivity (Wildman–Crippen MR) is 110 cm³/mol. The summed E-state index contributed by atoms with van der Waals surface area (Å²) < 4.78 is 55.3. The molecular weight excluding hydrogens is 454 g/mol. The van der Waals surface area contributed by atoms with Crippen molar-refractivity contribution in [3.63, 3.8) is 0 Å². The molecule has 2 N–H and O–H groups in total. The summed E-state index contributed by atoms with van der Waals surface area (Å²) in [7, 11) is -3.40. The lowest BCUT2D eigenvalue weighted by Crippen LogP contribution is -2.48. The average Bonchev–Trinajstić information content (AvgIpc) is 3.32. The van der Waals surface area contributed by atoms with Gasteiger partial charge in [0.2, 0.25) is 15.9 Å². The van der Waals surface area contributed by atoms with Crippen LogP contribution in [0.4, 0.5) is 8.78 Å². The maximum Gasteiger partial charge on any atom is 0.280 e. The Labute approximate surface area is 183 Å². The van der Waals surface area contributed by atoms with Gasteiger partial charge >= 0.3 is 0 Å². The first-order chi connectivity index (χ1) is 14.6. The van der Waals surface area contributed by atoms with Crippen LogP contribution >= 0.6 is 11.6 Å². The van der Waals surface area contributed by atoms with Crippen molar-refractivity contribution in [1.82, 2.24) is 19.4 Å². The Bertz CT molecular complexity index is 1090. The van der Waals surface area contributed by atoms with Crippen LogP contribution in [0.5, 0.6) is 0 Å². The van der Waals surface area contributed by atoms with Crippen LogP contribution in [0.25, 0.3) is 10.9 Å². The number of H-pyrrole nitrogens is 1. The molecule has 1 amide bonds. The Morgan fingerprint density at radius 2 is 2.03 bits per heavy atom. The number of amides is 1. The van der Waals surface area contributed by atoms with Crippen molar-refractivity contribution >= 4 is 38.4 Å². The smallest absolute Gasteiger partial charge is 0.280 e. The van der Waals surface area contributed by atoms with E-state index in [0.29, 0.717) is 23.9 Å². The molecule has 0 radical (unpaired) electrons. The van der Waals surface area contributed by atoms with Gasteiger partial charge in [-0.25, -0.2) is 17.2 Å². The van der Waals surface area contributed by atoms with Gasteiger partial charge in [-0.3, -0.25) is 9.89 Å². The molecule has 2 saturated heterocycles. The van der Waals surface area contributed by atoms with Gasteiger partial charge in [0, 0.05) is 41.5 Å². The van der Waals surface area contributed by atoms with Crippen molar-refractivity contribution in [2.75, 3.05) is 31.9 Å². The first kappa shape index (κ1) is 22.4. The third kappa shape index (κ3) is 4.28. The number of alkyl halides is 2. The topological polar surface area (TPSA) is 107 Å². The lowest BCUT2D eigenvalue weighted by molar-refractivity contribution is -0.164. The second-order valence-electron chi connectivity index (χ2n) is 8.06. The molecule has 0 aliphatic carbocycles. The van der Waals surface area contributed by atoms with Crippen LogP contribution in [0.2, 0.25) is 5.02 Å². The monoisotopic (exact) mass is 476 g/mol. The van der Waals surface area contributed by atoms with Crippen LogP contribution in [0, 0.1) is 5.92 Å². The number of aliphatic hydroxyl groups is 1. The fraction of sp³-hybridized carbons (Fsp3) is 0.579. The van der Waals surface area contributed by atoms with E-state index in [2.05, 4.69) is 10.2 Å². The van der Waals surface area contributed by atoms with Gasteiger partial charge in [0.25, 0.3) is 5.92 Å². The number of nitrogens with one attached hydrogen (secondary N) is 1. The van der Waals surface area contributed by atoms with Crippen LogP contribution in [0.15, 0.2) is 18.3 Å². The molecule has 1 atom stereocenters. The Hall–Kier alpha value is -1.82. The van der Waals surface area contributed by atoms with Gasteiger partial charge in [0.1, 0.15) is 6.10 Å². The molecule has 12 heteroatoms. The zero-order chi connectivity index (χ0) is 22.4. The fourth-order valence-corrected chi connectivity index (χ4v) is 6.03. The number of sulfonamides is 1. The number of hydrogen-bond donors (Lipinski definition) is 2. The molecule has 4 rings (SSSR count). The van der Waals surface area contributed by atoms with Crippen molar-refractivity contribution in [1.29, 1.82) is 0 Å². The summed E-state index contributed by atoms with van der Waals surface area (Å²) in [4.78, 5) is 13.9. The molecule has 170 valence electrons. The van der Waals surface area contributed by atoms with Gasteiger partial charge in [-0.15, -0.1) is 0 Å². The number of piperidine rings is 1.